The first-order valence-electron chi connectivity index (χ1n) is 6.38. The van der Waals surface area contributed by atoms with E-state index >= 15 is 0 Å². The summed E-state index contributed by atoms with van der Waals surface area (Å²) in [5.74, 6) is 0.614. The van der Waals surface area contributed by atoms with Crippen LogP contribution in [0.2, 0.25) is 0 Å². The van der Waals surface area contributed by atoms with Crippen molar-refractivity contribution in [2.45, 2.75) is 38.5 Å². The quantitative estimate of drug-likeness (QED) is 0.803. The molecule has 2 heterocycles. The lowest BCUT2D eigenvalue weighted by atomic mass is 9.94. The summed E-state index contributed by atoms with van der Waals surface area (Å²) in [6.07, 6.45) is 2.74. The van der Waals surface area contributed by atoms with Crippen LogP contribution in [0.15, 0.2) is 0 Å². The molecule has 1 amide bonds. The fourth-order valence-electron chi connectivity index (χ4n) is 2.31. The molecule has 1 fully saturated rings. The number of hydrogen-bond donors (Lipinski definition) is 0. The molecule has 0 saturated carbocycles. The van der Waals surface area contributed by atoms with E-state index < -0.39 is 0 Å². The third-order valence-electron chi connectivity index (χ3n) is 3.56. The number of carbonyl (C=O) groups is 1. The lowest BCUT2D eigenvalue weighted by Crippen LogP contribution is -2.40. The van der Waals surface area contributed by atoms with Crippen LogP contribution in [0.5, 0.6) is 0 Å². The van der Waals surface area contributed by atoms with Gasteiger partial charge in [-0.15, -0.1) is 16.7 Å². The van der Waals surface area contributed by atoms with Crippen molar-refractivity contribution in [2.75, 3.05) is 13.1 Å². The molecule has 0 spiro atoms. The Labute approximate surface area is 116 Å². The van der Waals surface area contributed by atoms with Gasteiger partial charge in [0, 0.05) is 18.5 Å². The lowest BCUT2D eigenvalue weighted by Gasteiger charge is -2.32. The van der Waals surface area contributed by atoms with Crippen LogP contribution in [0.1, 0.15) is 42.1 Å². The summed E-state index contributed by atoms with van der Waals surface area (Å²) in [5, 5.41) is 4.19. The molecule has 0 aromatic carbocycles. The Morgan fingerprint density at radius 1 is 1.56 bits per heavy atom. The van der Waals surface area contributed by atoms with Crippen molar-refractivity contribution < 1.29 is 4.79 Å². The van der Waals surface area contributed by atoms with E-state index in [0.29, 0.717) is 10.8 Å². The maximum absolute atomic E-state index is 12.3. The van der Waals surface area contributed by atoms with Crippen LogP contribution < -0.4 is 0 Å². The molecular weight excluding hydrogens is 270 g/mol. The van der Waals surface area contributed by atoms with Gasteiger partial charge in [0.25, 0.3) is 5.91 Å². The van der Waals surface area contributed by atoms with Gasteiger partial charge in [-0.1, -0.05) is 11.4 Å². The number of aromatic nitrogens is 2. The Hall–Kier alpha value is -0.680. The minimum Gasteiger partial charge on any atom is -0.338 e. The van der Waals surface area contributed by atoms with Crippen LogP contribution in [0.4, 0.5) is 0 Å². The van der Waals surface area contributed by atoms with Gasteiger partial charge in [-0.3, -0.25) is 4.79 Å². The molecule has 1 aliphatic rings. The predicted octanol–water partition coefficient (Wildman–Crippen LogP) is 2.58. The Morgan fingerprint density at radius 2 is 2.22 bits per heavy atom. The third-order valence-corrected chi connectivity index (χ3v) is 4.67. The molecule has 0 radical (unpaired) electrons. The SMILES string of the molecule is CCc1nnsc1C(=O)N1CCC(C(C)Cl)CC1. The van der Waals surface area contributed by atoms with Gasteiger partial charge in [-0.25, -0.2) is 0 Å². The van der Waals surface area contributed by atoms with Gasteiger partial charge < -0.3 is 4.90 Å². The average Bonchev–Trinajstić information content (AvgIpc) is 2.86. The fraction of sp³-hybridized carbons (Fsp3) is 0.750. The van der Waals surface area contributed by atoms with Crippen LogP contribution >= 0.6 is 23.1 Å². The average molecular weight is 288 g/mol. The van der Waals surface area contributed by atoms with Gasteiger partial charge in [0.15, 0.2) is 0 Å². The summed E-state index contributed by atoms with van der Waals surface area (Å²) < 4.78 is 3.88. The zero-order valence-electron chi connectivity index (χ0n) is 10.7. The minimum absolute atomic E-state index is 0.0857. The van der Waals surface area contributed by atoms with Crippen molar-refractivity contribution >= 4 is 29.0 Å². The molecule has 1 aromatic rings. The van der Waals surface area contributed by atoms with E-state index in [1.165, 1.54) is 11.5 Å². The first-order chi connectivity index (χ1) is 8.63. The smallest absolute Gasteiger partial charge is 0.267 e. The predicted molar refractivity (Wildman–Crippen MR) is 73.2 cm³/mol. The summed E-state index contributed by atoms with van der Waals surface area (Å²) in [5.41, 5.74) is 0.817. The summed E-state index contributed by atoms with van der Waals surface area (Å²) in [6, 6.07) is 0. The third kappa shape index (κ3) is 2.83. The van der Waals surface area contributed by atoms with E-state index in [4.69, 9.17) is 11.6 Å². The second-order valence-electron chi connectivity index (χ2n) is 4.71. The molecule has 1 unspecified atom stereocenters. The van der Waals surface area contributed by atoms with Crippen LogP contribution in [0.3, 0.4) is 0 Å². The highest BCUT2D eigenvalue weighted by molar-refractivity contribution is 7.08. The Kier molecular flexibility index (Phi) is 4.56. The van der Waals surface area contributed by atoms with Crippen molar-refractivity contribution in [1.82, 2.24) is 14.5 Å². The van der Waals surface area contributed by atoms with Crippen molar-refractivity contribution in [3.05, 3.63) is 10.6 Å². The maximum atomic E-state index is 12.3. The molecule has 18 heavy (non-hydrogen) atoms. The molecule has 0 aliphatic carbocycles. The first-order valence-corrected chi connectivity index (χ1v) is 7.59. The number of hydrogen-bond acceptors (Lipinski definition) is 4. The minimum atomic E-state index is 0.0857. The highest BCUT2D eigenvalue weighted by atomic mass is 35.5. The second kappa shape index (κ2) is 5.97. The largest absolute Gasteiger partial charge is 0.338 e. The van der Waals surface area contributed by atoms with Crippen molar-refractivity contribution in [1.29, 1.82) is 0 Å². The fourth-order valence-corrected chi connectivity index (χ4v) is 3.28. The van der Waals surface area contributed by atoms with Crippen molar-refractivity contribution in [3.8, 4) is 0 Å². The maximum Gasteiger partial charge on any atom is 0.267 e. The topological polar surface area (TPSA) is 46.1 Å². The summed E-state index contributed by atoms with van der Waals surface area (Å²) in [6.45, 7) is 5.62. The summed E-state index contributed by atoms with van der Waals surface area (Å²) >= 11 is 7.31. The van der Waals surface area contributed by atoms with E-state index in [-0.39, 0.29) is 11.3 Å². The molecule has 0 N–H and O–H groups in total. The molecule has 1 aliphatic heterocycles. The lowest BCUT2D eigenvalue weighted by molar-refractivity contribution is 0.0693. The number of rotatable bonds is 3. The number of piperidine rings is 1. The number of carbonyl (C=O) groups excluding carboxylic acids is 1. The monoisotopic (exact) mass is 287 g/mol. The van der Waals surface area contributed by atoms with Crippen LogP contribution in [-0.2, 0) is 6.42 Å². The highest BCUT2D eigenvalue weighted by Crippen LogP contribution is 2.25. The molecule has 1 atom stereocenters. The normalized spacial score (nSPS) is 18.9. The Bertz CT molecular complexity index is 413. The molecule has 2 rings (SSSR count). The Morgan fingerprint density at radius 3 is 2.78 bits per heavy atom. The van der Waals surface area contributed by atoms with E-state index in [1.807, 2.05) is 18.7 Å². The number of aryl methyl sites for hydroxylation is 1. The molecule has 0 bridgehead atoms. The molecule has 6 heteroatoms. The first kappa shape index (κ1) is 13.7. The molecule has 1 aromatic heterocycles. The molecule has 1 saturated heterocycles. The van der Waals surface area contributed by atoms with Gasteiger partial charge >= 0.3 is 0 Å². The number of nitrogens with zero attached hydrogens (tertiary/aromatic N) is 3. The van der Waals surface area contributed by atoms with E-state index in [0.717, 1.165) is 38.0 Å². The highest BCUT2D eigenvalue weighted by Gasteiger charge is 2.28. The number of halogens is 1. The number of amides is 1. The van der Waals surface area contributed by atoms with Crippen molar-refractivity contribution in [3.63, 3.8) is 0 Å². The molecule has 4 nitrogen and oxygen atoms in total. The van der Waals surface area contributed by atoms with E-state index in [1.54, 1.807) is 0 Å². The zero-order chi connectivity index (χ0) is 13.1. The second-order valence-corrected chi connectivity index (χ2v) is 6.15. The van der Waals surface area contributed by atoms with Gasteiger partial charge in [0.2, 0.25) is 0 Å². The van der Waals surface area contributed by atoms with Crippen LogP contribution in [-0.4, -0.2) is 38.9 Å². The van der Waals surface area contributed by atoms with Gasteiger partial charge in [-0.2, -0.15) is 0 Å². The molecular formula is C12H18ClN3OS. The summed E-state index contributed by atoms with van der Waals surface area (Å²) in [7, 11) is 0. The Balaban J connectivity index is 2.00. The van der Waals surface area contributed by atoms with Crippen LogP contribution in [0.25, 0.3) is 0 Å². The van der Waals surface area contributed by atoms with Gasteiger partial charge in [0.1, 0.15) is 4.88 Å². The van der Waals surface area contributed by atoms with Gasteiger partial charge in [0.05, 0.1) is 5.69 Å². The summed E-state index contributed by atoms with van der Waals surface area (Å²) in [4.78, 5) is 15.0. The standard InChI is InChI=1S/C12H18ClN3OS/c1-3-10-11(18-15-14-10)12(17)16-6-4-9(5-7-16)8(2)13/h8-9H,3-7H2,1-2H3. The van der Waals surface area contributed by atoms with E-state index in [2.05, 4.69) is 9.59 Å². The van der Waals surface area contributed by atoms with Crippen LogP contribution in [0, 0.1) is 5.92 Å². The van der Waals surface area contributed by atoms with Gasteiger partial charge in [-0.05, 0) is 43.6 Å². The zero-order valence-corrected chi connectivity index (χ0v) is 12.3. The molecule has 100 valence electrons. The van der Waals surface area contributed by atoms with E-state index in [9.17, 15) is 4.79 Å². The number of alkyl halides is 1. The number of likely N-dealkylation sites (tertiary alicyclic amines) is 1. The van der Waals surface area contributed by atoms with Crippen molar-refractivity contribution in [2.24, 2.45) is 5.92 Å².